The molecule has 0 N–H and O–H groups in total. The molecule has 0 aliphatic carbocycles. The van der Waals surface area contributed by atoms with Crippen molar-refractivity contribution in [1.82, 2.24) is 43.6 Å². The number of aryl methyl sites for hydroxylation is 12. The Labute approximate surface area is 384 Å². The highest BCUT2D eigenvalue weighted by Gasteiger charge is 2.07. The Morgan fingerprint density at radius 2 is 0.939 bits per heavy atom. The molecule has 12 heterocycles. The standard InChI is InChI=1S/3C9H10N2.3C9H9NO/c1-7-5-8-6-10-4-3-9(8)11(7)2;1-7-5-8-3-4-10-6-9(8)11(7)2;1-7-6-8-4-3-5-10-9(8)11(7)2;1-6-7(2)11-9-3-4-10-5-8(6)9;1-6-7(2)11-9-5-10-4-3-8(6)9;1-6-7(2)11-9-8(6)4-3-5-10-9/h3*3-6H,1-2H3;3*3-5H,1-2H3. The highest BCUT2D eigenvalue weighted by atomic mass is 16.3. The van der Waals surface area contributed by atoms with Gasteiger partial charge in [0.15, 0.2) is 5.58 Å². The van der Waals surface area contributed by atoms with Crippen molar-refractivity contribution in [2.24, 2.45) is 21.1 Å². The number of hydrogen-bond donors (Lipinski definition) is 0. The van der Waals surface area contributed by atoms with Crippen LogP contribution in [0.4, 0.5) is 0 Å². The Bertz CT molecular complexity index is 2940. The Hall–Kier alpha value is -7.86. The molecule has 0 saturated heterocycles. The van der Waals surface area contributed by atoms with Crippen LogP contribution in [0.5, 0.6) is 0 Å². The lowest BCUT2D eigenvalue weighted by Crippen LogP contribution is -1.90. The van der Waals surface area contributed by atoms with Crippen LogP contribution in [0.15, 0.2) is 142 Å². The van der Waals surface area contributed by atoms with Gasteiger partial charge in [0.2, 0.25) is 5.71 Å². The summed E-state index contributed by atoms with van der Waals surface area (Å²) in [5.41, 5.74) is 13.4. The van der Waals surface area contributed by atoms with Crippen molar-refractivity contribution in [3.8, 4) is 0 Å². The lowest BCUT2D eigenvalue weighted by atomic mass is 10.2. The van der Waals surface area contributed by atoms with E-state index in [9.17, 15) is 0 Å². The van der Waals surface area contributed by atoms with E-state index in [0.29, 0.717) is 0 Å². The lowest BCUT2D eigenvalue weighted by molar-refractivity contribution is 0.564. The van der Waals surface area contributed by atoms with Gasteiger partial charge in [-0.05, 0) is 146 Å². The summed E-state index contributed by atoms with van der Waals surface area (Å²) in [6.07, 6.45) is 18.1. The van der Waals surface area contributed by atoms with Crippen molar-refractivity contribution < 1.29 is 13.3 Å². The minimum atomic E-state index is 0.738. The molecule has 0 radical (unpaired) electrons. The average molecular weight is 880 g/mol. The fraction of sp³-hybridized carbons (Fsp3) is 0.222. The van der Waals surface area contributed by atoms with E-state index in [0.717, 1.165) is 56.0 Å². The molecule has 0 atom stereocenters. The molecule has 0 unspecified atom stereocenters. The van der Waals surface area contributed by atoms with E-state index in [2.05, 4.69) is 110 Å². The van der Waals surface area contributed by atoms with E-state index < -0.39 is 0 Å². The van der Waals surface area contributed by atoms with E-state index in [1.165, 1.54) is 61.0 Å². The van der Waals surface area contributed by atoms with Crippen LogP contribution in [0.2, 0.25) is 0 Å². The third-order valence-electron chi connectivity index (χ3n) is 12.1. The van der Waals surface area contributed by atoms with Crippen molar-refractivity contribution in [2.45, 2.75) is 62.3 Å². The molecule has 0 bridgehead atoms. The minimum absolute atomic E-state index is 0.738. The number of aromatic nitrogens is 9. The molecule has 12 nitrogen and oxygen atoms in total. The number of fused-ring (bicyclic) bond motifs is 6. The number of rotatable bonds is 0. The van der Waals surface area contributed by atoms with Crippen LogP contribution in [-0.4, -0.2) is 43.6 Å². The predicted octanol–water partition coefficient (Wildman–Crippen LogP) is 13.0. The van der Waals surface area contributed by atoms with Gasteiger partial charge in [0.1, 0.15) is 28.5 Å². The number of hydrogen-bond acceptors (Lipinski definition) is 9. The monoisotopic (exact) mass is 879 g/mol. The molecule has 336 valence electrons. The maximum absolute atomic E-state index is 5.46. The minimum Gasteiger partial charge on any atom is -0.461 e. The first-order valence-corrected chi connectivity index (χ1v) is 21.7. The molecular formula is C54H57N9O3. The maximum atomic E-state index is 5.46. The summed E-state index contributed by atoms with van der Waals surface area (Å²) >= 11 is 0. The van der Waals surface area contributed by atoms with Gasteiger partial charge in [-0.15, -0.1) is 0 Å². The van der Waals surface area contributed by atoms with Crippen molar-refractivity contribution in [2.75, 3.05) is 0 Å². The van der Waals surface area contributed by atoms with E-state index in [-0.39, 0.29) is 0 Å². The van der Waals surface area contributed by atoms with Gasteiger partial charge in [-0.2, -0.15) is 0 Å². The second kappa shape index (κ2) is 20.3. The zero-order valence-electron chi connectivity index (χ0n) is 39.9. The van der Waals surface area contributed by atoms with Crippen LogP contribution in [0.25, 0.3) is 65.9 Å². The second-order valence-electron chi connectivity index (χ2n) is 16.3. The molecule has 0 saturated carbocycles. The van der Waals surface area contributed by atoms with Gasteiger partial charge in [0, 0.05) is 120 Å². The topological polar surface area (TPSA) is 132 Å². The molecule has 12 aromatic rings. The van der Waals surface area contributed by atoms with Crippen LogP contribution >= 0.6 is 0 Å². The van der Waals surface area contributed by atoms with E-state index in [1.807, 2.05) is 121 Å². The smallest absolute Gasteiger partial charge is 0.226 e. The molecule has 0 amide bonds. The van der Waals surface area contributed by atoms with Gasteiger partial charge < -0.3 is 27.0 Å². The largest absolute Gasteiger partial charge is 0.461 e. The van der Waals surface area contributed by atoms with Gasteiger partial charge in [-0.3, -0.25) is 19.9 Å². The SMILES string of the molecule is Cc1cc2cccnc2n1C.Cc1cc2ccncc2n1C.Cc1cc2cnccc2n1C.Cc1oc2ccncc2c1C.Cc1oc2cnccc2c1C.Cc1oc2ncccc2c1C. The summed E-state index contributed by atoms with van der Waals surface area (Å²) in [7, 11) is 6.15. The van der Waals surface area contributed by atoms with Crippen LogP contribution in [0.3, 0.4) is 0 Å². The van der Waals surface area contributed by atoms with Crippen LogP contribution < -0.4 is 0 Å². The number of furan rings is 3. The summed E-state index contributed by atoms with van der Waals surface area (Å²) in [4.78, 5) is 24.5. The zero-order valence-corrected chi connectivity index (χ0v) is 39.9. The van der Waals surface area contributed by atoms with Crippen molar-refractivity contribution in [1.29, 1.82) is 0 Å². The van der Waals surface area contributed by atoms with Gasteiger partial charge in [-0.25, -0.2) is 9.97 Å². The van der Waals surface area contributed by atoms with E-state index in [1.54, 1.807) is 24.8 Å². The molecule has 0 spiro atoms. The van der Waals surface area contributed by atoms with Gasteiger partial charge in [-0.1, -0.05) is 0 Å². The van der Waals surface area contributed by atoms with Gasteiger partial charge in [0.05, 0.1) is 23.4 Å². The average Bonchev–Trinajstić information content (AvgIpc) is 4.13. The molecule has 66 heavy (non-hydrogen) atoms. The summed E-state index contributed by atoms with van der Waals surface area (Å²) in [5, 5.41) is 7.09. The molecule has 12 rings (SSSR count). The Balaban J connectivity index is 0.000000118. The number of pyridine rings is 6. The van der Waals surface area contributed by atoms with Gasteiger partial charge >= 0.3 is 0 Å². The van der Waals surface area contributed by atoms with Crippen LogP contribution in [0, 0.1) is 62.3 Å². The first kappa shape index (κ1) is 46.1. The fourth-order valence-electron chi connectivity index (χ4n) is 7.48. The third-order valence-corrected chi connectivity index (χ3v) is 12.1. The number of nitrogens with zero attached hydrogens (tertiary/aromatic N) is 9. The Kier molecular flexibility index (Phi) is 14.2. The normalized spacial score (nSPS) is 10.7. The lowest BCUT2D eigenvalue weighted by Gasteiger charge is -1.96. The zero-order chi connectivity index (χ0) is 47.1. The van der Waals surface area contributed by atoms with Crippen LogP contribution in [0.1, 0.15) is 51.1 Å². The van der Waals surface area contributed by atoms with Crippen molar-refractivity contribution >= 4 is 65.9 Å². The molecule has 0 aliphatic rings. The van der Waals surface area contributed by atoms with Crippen molar-refractivity contribution in [3.63, 3.8) is 0 Å². The Morgan fingerprint density at radius 3 is 1.64 bits per heavy atom. The van der Waals surface area contributed by atoms with E-state index >= 15 is 0 Å². The fourth-order valence-corrected chi connectivity index (χ4v) is 7.48. The summed E-state index contributed by atoms with van der Waals surface area (Å²) in [6, 6.07) is 22.3. The van der Waals surface area contributed by atoms with Gasteiger partial charge in [0.25, 0.3) is 0 Å². The second-order valence-corrected chi connectivity index (χ2v) is 16.3. The first-order valence-electron chi connectivity index (χ1n) is 21.7. The highest BCUT2D eigenvalue weighted by molar-refractivity contribution is 5.83. The summed E-state index contributed by atoms with van der Waals surface area (Å²) < 4.78 is 22.7. The predicted molar refractivity (Wildman–Crippen MR) is 267 cm³/mol. The van der Waals surface area contributed by atoms with E-state index in [4.69, 9.17) is 13.3 Å². The molecule has 0 fully saturated rings. The van der Waals surface area contributed by atoms with Crippen LogP contribution in [-0.2, 0) is 21.1 Å². The third kappa shape index (κ3) is 10.1. The maximum Gasteiger partial charge on any atom is 0.226 e. The highest BCUT2D eigenvalue weighted by Crippen LogP contribution is 2.25. The molecule has 12 aromatic heterocycles. The molecular weight excluding hydrogens is 823 g/mol. The first-order chi connectivity index (χ1) is 31.7. The molecule has 0 aliphatic heterocycles. The van der Waals surface area contributed by atoms with Crippen molar-refractivity contribution in [3.05, 3.63) is 180 Å². The quantitative estimate of drug-likeness (QED) is 0.146. The summed E-state index contributed by atoms with van der Waals surface area (Å²) in [5.74, 6) is 2.92. The molecule has 12 heteroatoms. The molecule has 0 aromatic carbocycles. The Morgan fingerprint density at radius 1 is 0.394 bits per heavy atom. The summed E-state index contributed by atoms with van der Waals surface area (Å²) in [6.45, 7) is 18.3.